The zero-order valence-electron chi connectivity index (χ0n) is 11.1. The van der Waals surface area contributed by atoms with Crippen molar-refractivity contribution in [2.75, 3.05) is 0 Å². The molecule has 6 heteroatoms. The Balaban J connectivity index is 2.08. The molecule has 1 heterocycles. The summed E-state index contributed by atoms with van der Waals surface area (Å²) in [5, 5.41) is 10.2. The molecule has 1 N–H and O–H groups in total. The highest BCUT2D eigenvalue weighted by Gasteiger charge is 2.23. The summed E-state index contributed by atoms with van der Waals surface area (Å²) in [5.74, 6) is 0.998. The molecule has 0 radical (unpaired) electrons. The van der Waals surface area contributed by atoms with E-state index in [2.05, 4.69) is 25.9 Å². The van der Waals surface area contributed by atoms with E-state index < -0.39 is 0 Å². The van der Waals surface area contributed by atoms with Gasteiger partial charge in [-0.15, -0.1) is 0 Å². The third-order valence-corrected chi connectivity index (χ3v) is 5.37. The Hall–Kier alpha value is -0.840. The number of hydrogen-bond acceptors (Lipinski definition) is 3. The van der Waals surface area contributed by atoms with Gasteiger partial charge in [0.15, 0.2) is 5.82 Å². The fourth-order valence-corrected chi connectivity index (χ4v) is 3.54. The maximum absolute atomic E-state index is 9.51. The van der Waals surface area contributed by atoms with Crippen molar-refractivity contribution in [1.29, 1.82) is 0 Å². The van der Waals surface area contributed by atoms with Gasteiger partial charge in [0.2, 0.25) is 0 Å². The Morgan fingerprint density at radius 1 is 1.14 bits per heavy atom. The maximum Gasteiger partial charge on any atom is 0.161 e. The number of aromatic hydroxyl groups is 1. The van der Waals surface area contributed by atoms with Crippen molar-refractivity contribution in [3.05, 3.63) is 38.5 Å². The van der Waals surface area contributed by atoms with Crippen LogP contribution in [0.4, 0.5) is 0 Å². The molecule has 0 unspecified atom stereocenters. The Morgan fingerprint density at radius 3 is 2.52 bits per heavy atom. The van der Waals surface area contributed by atoms with Gasteiger partial charge in [-0.05, 0) is 47.0 Å². The van der Waals surface area contributed by atoms with Crippen molar-refractivity contribution in [3.8, 4) is 17.1 Å². The number of halogens is 3. The van der Waals surface area contributed by atoms with Crippen LogP contribution >= 0.6 is 39.1 Å². The predicted octanol–water partition coefficient (Wildman–Crippen LogP) is 5.58. The average Bonchev–Trinajstić information content (AvgIpc) is 2.98. The van der Waals surface area contributed by atoms with Gasteiger partial charge in [0, 0.05) is 11.5 Å². The molecule has 110 valence electrons. The lowest BCUT2D eigenvalue weighted by Crippen LogP contribution is -2.02. The first kappa shape index (κ1) is 15.1. The van der Waals surface area contributed by atoms with E-state index in [1.165, 1.54) is 18.9 Å². The number of phenols is 1. The zero-order chi connectivity index (χ0) is 15.0. The summed E-state index contributed by atoms with van der Waals surface area (Å²) in [4.78, 5) is 8.99. The van der Waals surface area contributed by atoms with E-state index in [0.29, 0.717) is 16.9 Å². The first-order chi connectivity index (χ1) is 10.1. The van der Waals surface area contributed by atoms with Crippen LogP contribution in [0.2, 0.25) is 10.2 Å². The minimum absolute atomic E-state index is 0.0413. The van der Waals surface area contributed by atoms with Gasteiger partial charge in [0.05, 0.1) is 15.2 Å². The fraction of sp³-hybridized carbons (Fsp3) is 0.333. The number of hydrogen-bond donors (Lipinski definition) is 1. The van der Waals surface area contributed by atoms with E-state index in [9.17, 15) is 5.11 Å². The second-order valence-corrected chi connectivity index (χ2v) is 6.74. The van der Waals surface area contributed by atoms with Crippen molar-refractivity contribution in [1.82, 2.24) is 9.97 Å². The van der Waals surface area contributed by atoms with Crippen molar-refractivity contribution in [2.45, 2.75) is 31.6 Å². The molecule has 0 spiro atoms. The minimum atomic E-state index is 0.0413. The minimum Gasteiger partial charge on any atom is -0.506 e. The van der Waals surface area contributed by atoms with E-state index in [1.807, 2.05) is 0 Å². The summed E-state index contributed by atoms with van der Waals surface area (Å²) >= 11 is 15.7. The molecule has 1 fully saturated rings. The van der Waals surface area contributed by atoms with Gasteiger partial charge in [0.25, 0.3) is 0 Å². The number of nitrogens with zero attached hydrogens (tertiary/aromatic N) is 2. The summed E-state index contributed by atoms with van der Waals surface area (Å²) in [6.07, 6.45) is 4.70. The van der Waals surface area contributed by atoms with Gasteiger partial charge in [-0.2, -0.15) is 0 Å². The van der Waals surface area contributed by atoms with Crippen molar-refractivity contribution in [2.24, 2.45) is 0 Å². The highest BCUT2D eigenvalue weighted by atomic mass is 79.9. The number of benzene rings is 1. The molecule has 0 amide bonds. The molecule has 21 heavy (non-hydrogen) atoms. The molecule has 2 aromatic rings. The maximum atomic E-state index is 9.51. The van der Waals surface area contributed by atoms with Crippen molar-refractivity contribution in [3.63, 3.8) is 0 Å². The molecule has 0 aliphatic heterocycles. The van der Waals surface area contributed by atoms with E-state index >= 15 is 0 Å². The SMILES string of the molecule is Oc1ccc(-c2nc(Cl)c(Br)c(C3CCCC3)n2)cc1Cl. The molecule has 0 saturated heterocycles. The van der Waals surface area contributed by atoms with E-state index in [1.54, 1.807) is 12.1 Å². The van der Waals surface area contributed by atoms with Gasteiger partial charge in [-0.1, -0.05) is 36.0 Å². The number of rotatable bonds is 2. The first-order valence-electron chi connectivity index (χ1n) is 6.78. The van der Waals surface area contributed by atoms with Crippen molar-refractivity contribution < 1.29 is 5.11 Å². The second kappa shape index (κ2) is 6.11. The Morgan fingerprint density at radius 2 is 1.86 bits per heavy atom. The van der Waals surface area contributed by atoms with E-state index in [-0.39, 0.29) is 10.8 Å². The Labute approximate surface area is 141 Å². The largest absolute Gasteiger partial charge is 0.506 e. The molecule has 1 saturated carbocycles. The number of phenolic OH excluding ortho intramolecular Hbond substituents is 1. The topological polar surface area (TPSA) is 46.0 Å². The predicted molar refractivity (Wildman–Crippen MR) is 88.1 cm³/mol. The van der Waals surface area contributed by atoms with Crippen LogP contribution in [0.1, 0.15) is 37.3 Å². The molecular weight excluding hydrogens is 375 g/mol. The second-order valence-electron chi connectivity index (χ2n) is 5.18. The van der Waals surface area contributed by atoms with E-state index in [4.69, 9.17) is 23.2 Å². The first-order valence-corrected chi connectivity index (χ1v) is 8.33. The highest BCUT2D eigenvalue weighted by molar-refractivity contribution is 9.10. The van der Waals surface area contributed by atoms with Crippen LogP contribution in [0.5, 0.6) is 5.75 Å². The van der Waals surface area contributed by atoms with Gasteiger partial charge >= 0.3 is 0 Å². The lowest BCUT2D eigenvalue weighted by atomic mass is 10.0. The molecule has 1 aliphatic carbocycles. The normalized spacial score (nSPS) is 15.6. The van der Waals surface area contributed by atoms with Crippen LogP contribution in [0.15, 0.2) is 22.7 Å². The highest BCUT2D eigenvalue weighted by Crippen LogP contribution is 2.39. The Bertz CT molecular complexity index is 688. The molecule has 1 aromatic heterocycles. The van der Waals surface area contributed by atoms with Gasteiger partial charge in [-0.25, -0.2) is 9.97 Å². The third kappa shape index (κ3) is 3.03. The number of aromatic nitrogens is 2. The summed E-state index contributed by atoms with van der Waals surface area (Å²) in [7, 11) is 0. The molecule has 3 nitrogen and oxygen atoms in total. The molecule has 1 aromatic carbocycles. The van der Waals surface area contributed by atoms with E-state index in [0.717, 1.165) is 28.6 Å². The summed E-state index contributed by atoms with van der Waals surface area (Å²) in [6.45, 7) is 0. The summed E-state index contributed by atoms with van der Waals surface area (Å²) in [6, 6.07) is 4.92. The van der Waals surface area contributed by atoms with Crippen LogP contribution < -0.4 is 0 Å². The average molecular weight is 388 g/mol. The lowest BCUT2D eigenvalue weighted by Gasteiger charge is -2.13. The Kier molecular flexibility index (Phi) is 4.38. The van der Waals surface area contributed by atoms with Crippen LogP contribution in [-0.2, 0) is 0 Å². The van der Waals surface area contributed by atoms with Crippen LogP contribution in [-0.4, -0.2) is 15.1 Å². The molecule has 0 bridgehead atoms. The van der Waals surface area contributed by atoms with Gasteiger partial charge in [-0.3, -0.25) is 0 Å². The monoisotopic (exact) mass is 386 g/mol. The van der Waals surface area contributed by atoms with Crippen molar-refractivity contribution >= 4 is 39.1 Å². The standard InChI is InChI=1S/C15H13BrCl2N2O/c16-12-13(8-3-1-2-4-8)19-15(20-14(12)18)9-5-6-11(21)10(17)7-9/h5-8,21H,1-4H2. The van der Waals surface area contributed by atoms with Crippen LogP contribution in [0, 0.1) is 0 Å². The third-order valence-electron chi connectivity index (χ3n) is 3.78. The van der Waals surface area contributed by atoms with Gasteiger partial charge < -0.3 is 5.11 Å². The smallest absolute Gasteiger partial charge is 0.161 e. The summed E-state index contributed by atoms with van der Waals surface area (Å²) in [5.41, 5.74) is 1.71. The lowest BCUT2D eigenvalue weighted by molar-refractivity contribution is 0.475. The van der Waals surface area contributed by atoms with Crippen LogP contribution in [0.25, 0.3) is 11.4 Å². The zero-order valence-corrected chi connectivity index (χ0v) is 14.2. The quantitative estimate of drug-likeness (QED) is 0.684. The fourth-order valence-electron chi connectivity index (χ4n) is 2.68. The molecule has 0 atom stereocenters. The molecule has 1 aliphatic rings. The summed E-state index contributed by atoms with van der Waals surface area (Å²) < 4.78 is 0.782. The van der Waals surface area contributed by atoms with Crippen LogP contribution in [0.3, 0.4) is 0 Å². The molecule has 3 rings (SSSR count). The molecular formula is C15H13BrCl2N2O. The van der Waals surface area contributed by atoms with Gasteiger partial charge in [0.1, 0.15) is 10.9 Å².